The third-order valence-electron chi connectivity index (χ3n) is 3.23. The van der Waals surface area contributed by atoms with Gasteiger partial charge in [0.05, 0.1) is 6.61 Å². The number of nitrogen functional groups attached to an aromatic ring is 1. The van der Waals surface area contributed by atoms with Crippen molar-refractivity contribution < 1.29 is 20.1 Å². The largest absolute Gasteiger partial charge is 0.394 e. The lowest BCUT2D eigenvalue weighted by Crippen LogP contribution is -2.33. The third-order valence-corrected chi connectivity index (χ3v) is 3.79. The molecule has 108 valence electrons. The van der Waals surface area contributed by atoms with Crippen LogP contribution in [0.1, 0.15) is 6.23 Å². The molecule has 0 aliphatic carbocycles. The zero-order valence-corrected chi connectivity index (χ0v) is 11.7. The van der Waals surface area contributed by atoms with Crippen molar-refractivity contribution in [3.8, 4) is 0 Å². The van der Waals surface area contributed by atoms with Gasteiger partial charge < -0.3 is 25.8 Å². The molecule has 0 spiro atoms. The summed E-state index contributed by atoms with van der Waals surface area (Å²) in [6.45, 7) is -0.407. The highest BCUT2D eigenvalue weighted by Gasteiger charge is 2.44. The first-order chi connectivity index (χ1) is 9.54. The Balaban J connectivity index is 2.11. The summed E-state index contributed by atoms with van der Waals surface area (Å²) in [6, 6.07) is 0. The highest BCUT2D eigenvalue weighted by molar-refractivity contribution is 9.10. The normalized spacial score (nSPS) is 30.2. The van der Waals surface area contributed by atoms with E-state index >= 15 is 0 Å². The number of rotatable bonds is 2. The number of hydrogen-bond donors (Lipinski definition) is 4. The van der Waals surface area contributed by atoms with E-state index in [1.807, 2.05) is 0 Å². The molecule has 1 aliphatic heterocycles. The maximum atomic E-state index is 10.1. The number of aliphatic hydroxyl groups excluding tert-OH is 3. The molecule has 9 nitrogen and oxygen atoms in total. The van der Waals surface area contributed by atoms with Crippen molar-refractivity contribution in [3.05, 3.63) is 11.1 Å². The van der Waals surface area contributed by atoms with E-state index < -0.39 is 31.1 Å². The molecule has 5 N–H and O–H groups in total. The van der Waals surface area contributed by atoms with E-state index in [4.69, 9.17) is 15.6 Å². The Bertz CT molecular complexity index is 650. The molecule has 3 heterocycles. The van der Waals surface area contributed by atoms with E-state index in [0.29, 0.717) is 15.9 Å². The lowest BCUT2D eigenvalue weighted by atomic mass is 10.1. The van der Waals surface area contributed by atoms with Crippen LogP contribution in [0.25, 0.3) is 11.2 Å². The molecule has 3 unspecified atom stereocenters. The Labute approximate surface area is 121 Å². The van der Waals surface area contributed by atoms with Gasteiger partial charge in [0.2, 0.25) is 0 Å². The topological polar surface area (TPSA) is 140 Å². The minimum absolute atomic E-state index is 0.196. The molecule has 10 heteroatoms. The average molecular weight is 346 g/mol. The van der Waals surface area contributed by atoms with E-state index in [0.717, 1.165) is 0 Å². The van der Waals surface area contributed by atoms with Gasteiger partial charge in [0.1, 0.15) is 24.6 Å². The van der Waals surface area contributed by atoms with Crippen molar-refractivity contribution in [2.45, 2.75) is 24.5 Å². The minimum atomic E-state index is -1.22. The summed E-state index contributed by atoms with van der Waals surface area (Å²) >= 11 is 3.24. The van der Waals surface area contributed by atoms with Crippen molar-refractivity contribution in [2.24, 2.45) is 0 Å². The maximum absolute atomic E-state index is 10.1. The second kappa shape index (κ2) is 4.90. The van der Waals surface area contributed by atoms with Gasteiger partial charge in [-0.15, -0.1) is 0 Å². The fraction of sp³-hybridized carbons (Fsp3) is 0.500. The number of aliphatic hydroxyl groups is 3. The highest BCUT2D eigenvalue weighted by Crippen LogP contribution is 2.34. The molecular weight excluding hydrogens is 334 g/mol. The number of imidazole rings is 1. The van der Waals surface area contributed by atoms with Crippen LogP contribution < -0.4 is 5.73 Å². The van der Waals surface area contributed by atoms with E-state index in [9.17, 15) is 10.2 Å². The van der Waals surface area contributed by atoms with Crippen LogP contribution >= 0.6 is 15.9 Å². The summed E-state index contributed by atoms with van der Waals surface area (Å²) < 4.78 is 7.23. The molecule has 20 heavy (non-hydrogen) atoms. The maximum Gasteiger partial charge on any atom is 0.181 e. The molecule has 2 aromatic rings. The predicted octanol–water partition coefficient (Wildman–Crippen LogP) is -1.22. The van der Waals surface area contributed by atoms with E-state index in [2.05, 4.69) is 30.9 Å². The second-order valence-electron chi connectivity index (χ2n) is 4.41. The summed E-state index contributed by atoms with van der Waals surface area (Å²) in [5.74, 6) is 0.196. The molecule has 0 aromatic carbocycles. The molecule has 0 radical (unpaired) electrons. The number of nitrogens with zero attached hydrogens (tertiary/aromatic N) is 4. The van der Waals surface area contributed by atoms with Crippen molar-refractivity contribution in [2.75, 3.05) is 12.3 Å². The number of nitrogens with two attached hydrogens (primary N) is 1. The lowest BCUT2D eigenvalue weighted by molar-refractivity contribution is -0.0521. The van der Waals surface area contributed by atoms with Gasteiger partial charge in [-0.3, -0.25) is 4.57 Å². The van der Waals surface area contributed by atoms with Crippen LogP contribution in [0, 0.1) is 0 Å². The van der Waals surface area contributed by atoms with Crippen molar-refractivity contribution in [1.29, 1.82) is 0 Å². The first kappa shape index (κ1) is 13.6. The predicted molar refractivity (Wildman–Crippen MR) is 70.4 cm³/mol. The van der Waals surface area contributed by atoms with Crippen LogP contribution in [0.3, 0.4) is 0 Å². The van der Waals surface area contributed by atoms with Crippen LogP contribution in [0.4, 0.5) is 5.82 Å². The number of halogens is 1. The molecule has 4 atom stereocenters. The Morgan fingerprint density at radius 3 is 2.75 bits per heavy atom. The van der Waals surface area contributed by atoms with Gasteiger partial charge in [0.15, 0.2) is 27.9 Å². The number of fused-ring (bicyclic) bond motifs is 1. The fourth-order valence-electron chi connectivity index (χ4n) is 2.22. The molecule has 1 fully saturated rings. The molecule has 3 rings (SSSR count). The number of aromatic nitrogens is 4. The van der Waals surface area contributed by atoms with Crippen LogP contribution in [0.5, 0.6) is 0 Å². The molecular formula is C10H12BrN5O4. The SMILES string of the molecule is Nc1ncnc2c1nc(Br)n2C1OC(CO)C(O)[C@@H]1O. The van der Waals surface area contributed by atoms with E-state index in [1.54, 1.807) is 0 Å². The first-order valence-electron chi connectivity index (χ1n) is 5.81. The smallest absolute Gasteiger partial charge is 0.181 e. The van der Waals surface area contributed by atoms with Gasteiger partial charge in [0, 0.05) is 0 Å². The summed E-state index contributed by atoms with van der Waals surface area (Å²) in [4.78, 5) is 12.1. The molecule has 0 amide bonds. The van der Waals surface area contributed by atoms with Crippen molar-refractivity contribution >= 4 is 32.9 Å². The standard InChI is InChI=1S/C10H12BrN5O4/c11-10-15-4-7(12)13-2-14-8(4)16(10)9-6(19)5(18)3(1-17)20-9/h2-3,5-6,9,17-19H,1H2,(H2,12,13,14)/t3?,5?,6-,9?/m0/s1. The lowest BCUT2D eigenvalue weighted by Gasteiger charge is -2.17. The molecule has 0 saturated carbocycles. The Morgan fingerprint density at radius 2 is 2.10 bits per heavy atom. The van der Waals surface area contributed by atoms with E-state index in [1.165, 1.54) is 10.9 Å². The van der Waals surface area contributed by atoms with Gasteiger partial charge in [-0.25, -0.2) is 15.0 Å². The zero-order chi connectivity index (χ0) is 14.4. The Kier molecular flexibility index (Phi) is 3.34. The van der Waals surface area contributed by atoms with Gasteiger partial charge in [-0.05, 0) is 15.9 Å². The summed E-state index contributed by atoms with van der Waals surface area (Å²) in [6.07, 6.45) is -2.97. The van der Waals surface area contributed by atoms with Gasteiger partial charge >= 0.3 is 0 Å². The Morgan fingerprint density at radius 1 is 1.35 bits per heavy atom. The average Bonchev–Trinajstić information content (AvgIpc) is 2.90. The quantitative estimate of drug-likeness (QED) is 0.496. The summed E-state index contributed by atoms with van der Waals surface area (Å²) in [5.41, 5.74) is 6.43. The molecule has 0 bridgehead atoms. The van der Waals surface area contributed by atoms with Crippen LogP contribution in [-0.4, -0.2) is 59.8 Å². The van der Waals surface area contributed by atoms with Gasteiger partial charge in [-0.1, -0.05) is 0 Å². The van der Waals surface area contributed by atoms with Crippen molar-refractivity contribution in [3.63, 3.8) is 0 Å². The van der Waals surface area contributed by atoms with Gasteiger partial charge in [0.25, 0.3) is 0 Å². The van der Waals surface area contributed by atoms with Crippen LogP contribution in [0.2, 0.25) is 0 Å². The minimum Gasteiger partial charge on any atom is -0.394 e. The summed E-state index contributed by atoms with van der Waals surface area (Å²) in [7, 11) is 0. The fourth-order valence-corrected chi connectivity index (χ4v) is 2.77. The second-order valence-corrected chi connectivity index (χ2v) is 5.12. The monoisotopic (exact) mass is 345 g/mol. The summed E-state index contributed by atoms with van der Waals surface area (Å²) in [5, 5.41) is 29.0. The zero-order valence-electron chi connectivity index (χ0n) is 10.1. The number of hydrogen-bond acceptors (Lipinski definition) is 8. The van der Waals surface area contributed by atoms with Crippen molar-refractivity contribution in [1.82, 2.24) is 19.5 Å². The third kappa shape index (κ3) is 1.88. The molecule has 1 saturated heterocycles. The Hall–Kier alpha value is -1.33. The highest BCUT2D eigenvalue weighted by atomic mass is 79.9. The number of anilines is 1. The van der Waals surface area contributed by atoms with Crippen LogP contribution in [-0.2, 0) is 4.74 Å². The first-order valence-corrected chi connectivity index (χ1v) is 6.60. The van der Waals surface area contributed by atoms with E-state index in [-0.39, 0.29) is 5.82 Å². The van der Waals surface area contributed by atoms with Gasteiger partial charge in [-0.2, -0.15) is 0 Å². The molecule has 2 aromatic heterocycles. The van der Waals surface area contributed by atoms with Crippen LogP contribution in [0.15, 0.2) is 11.1 Å². The molecule has 1 aliphatic rings. The number of ether oxygens (including phenoxy) is 1.